The highest BCUT2D eigenvalue weighted by molar-refractivity contribution is 7.19. The van der Waals surface area contributed by atoms with Gasteiger partial charge in [-0.15, -0.1) is 0 Å². The summed E-state index contributed by atoms with van der Waals surface area (Å²) in [6.07, 6.45) is 0. The van der Waals surface area contributed by atoms with Gasteiger partial charge in [0.15, 0.2) is 8.07 Å². The van der Waals surface area contributed by atoms with E-state index in [0.29, 0.717) is 0 Å². The minimum absolute atomic E-state index is 0.952. The number of aromatic nitrogens is 3. The fourth-order valence-corrected chi connectivity index (χ4v) is 15.7. The molecule has 10 aromatic carbocycles. The van der Waals surface area contributed by atoms with Crippen LogP contribution >= 0.6 is 0 Å². The molecule has 69 heavy (non-hydrogen) atoms. The number of rotatable bonds is 9. The molecule has 0 saturated carbocycles. The second-order valence-corrected chi connectivity index (χ2v) is 21.7. The molecule has 0 radical (unpaired) electrons. The van der Waals surface area contributed by atoms with Gasteiger partial charge >= 0.3 is 0 Å². The largest absolute Gasteiger partial charge is 0.309 e. The molecule has 3 nitrogen and oxygen atoms in total. The Morgan fingerprint density at radius 2 is 0.652 bits per heavy atom. The van der Waals surface area contributed by atoms with Crippen LogP contribution in [0.3, 0.4) is 0 Å². The molecule has 0 atom stereocenters. The summed E-state index contributed by atoms with van der Waals surface area (Å²) in [5.74, 6) is 0. The average molecular weight is 896 g/mol. The van der Waals surface area contributed by atoms with E-state index in [1.54, 1.807) is 0 Å². The number of para-hydroxylation sites is 2. The van der Waals surface area contributed by atoms with Gasteiger partial charge in [0.1, 0.15) is 0 Å². The molecule has 0 spiro atoms. The van der Waals surface area contributed by atoms with Gasteiger partial charge in [0.2, 0.25) is 0 Å². The van der Waals surface area contributed by atoms with Crippen LogP contribution in [0.1, 0.15) is 0 Å². The maximum absolute atomic E-state index is 5.10. The number of fused-ring (bicyclic) bond motifs is 6. The molecule has 3 aromatic heterocycles. The monoisotopic (exact) mass is 895 g/mol. The van der Waals surface area contributed by atoms with Crippen LogP contribution in [-0.2, 0) is 0 Å². The van der Waals surface area contributed by atoms with Gasteiger partial charge in [0.25, 0.3) is 0 Å². The quantitative estimate of drug-likeness (QED) is 0.105. The van der Waals surface area contributed by atoms with E-state index in [0.717, 1.165) is 33.9 Å². The van der Waals surface area contributed by atoms with Gasteiger partial charge in [-0.25, -0.2) is 4.98 Å². The van der Waals surface area contributed by atoms with E-state index in [1.807, 2.05) is 6.07 Å². The third kappa shape index (κ3) is 6.76. The number of hydrogen-bond donors (Lipinski definition) is 0. The van der Waals surface area contributed by atoms with Crippen LogP contribution in [0.2, 0.25) is 0 Å². The standard InChI is InChI=1S/C65H45N3Si/c1-5-19-46(20-6-1)60-31-18-32-61(66-60)49-21-17-22-51(43-49)68-63-34-16-14-30-57(63)59-45-48(36-42-65(59)68)47-35-41-64-58(44-47)56-29-13-15-33-62(56)67(64)50-37-39-55(40-38-50)69(52-23-7-2-8-24-52,53-25-9-3-10-26-53)54-27-11-4-12-28-54/h1-45H. The van der Waals surface area contributed by atoms with E-state index in [2.05, 4.69) is 276 Å². The Labute approximate surface area is 402 Å². The Balaban J connectivity index is 0.904. The molecule has 13 rings (SSSR count). The van der Waals surface area contributed by atoms with Gasteiger partial charge in [-0.1, -0.05) is 200 Å². The highest BCUT2D eigenvalue weighted by Crippen LogP contribution is 2.39. The predicted octanol–water partition coefficient (Wildman–Crippen LogP) is 13.7. The predicted molar refractivity (Wildman–Crippen MR) is 293 cm³/mol. The number of hydrogen-bond acceptors (Lipinski definition) is 1. The Bertz CT molecular complexity index is 3890. The number of benzene rings is 10. The topological polar surface area (TPSA) is 22.8 Å². The van der Waals surface area contributed by atoms with Gasteiger partial charge < -0.3 is 9.13 Å². The number of pyridine rings is 1. The summed E-state index contributed by atoms with van der Waals surface area (Å²) in [6, 6.07) is 99.9. The van der Waals surface area contributed by atoms with E-state index < -0.39 is 8.07 Å². The van der Waals surface area contributed by atoms with Crippen molar-refractivity contribution in [3.8, 4) is 45.0 Å². The maximum atomic E-state index is 5.10. The lowest BCUT2D eigenvalue weighted by atomic mass is 10.0. The molecule has 0 unspecified atom stereocenters. The number of nitrogens with zero attached hydrogens (tertiary/aromatic N) is 3. The molecular weight excluding hydrogens is 851 g/mol. The summed E-state index contributed by atoms with van der Waals surface area (Å²) >= 11 is 0. The van der Waals surface area contributed by atoms with Gasteiger partial charge in [0, 0.05) is 44.0 Å². The molecular formula is C65H45N3Si. The van der Waals surface area contributed by atoms with Crippen molar-refractivity contribution in [2.45, 2.75) is 0 Å². The van der Waals surface area contributed by atoms with Crippen LogP contribution in [0.15, 0.2) is 273 Å². The van der Waals surface area contributed by atoms with Crippen LogP contribution < -0.4 is 20.7 Å². The lowest BCUT2D eigenvalue weighted by molar-refractivity contribution is 1.18. The van der Waals surface area contributed by atoms with Crippen molar-refractivity contribution < 1.29 is 0 Å². The van der Waals surface area contributed by atoms with E-state index in [-0.39, 0.29) is 0 Å². The first kappa shape index (κ1) is 40.4. The Morgan fingerprint density at radius 1 is 0.246 bits per heavy atom. The zero-order valence-corrected chi connectivity index (χ0v) is 38.8. The molecule has 324 valence electrons. The molecule has 0 saturated heterocycles. The summed E-state index contributed by atoms with van der Waals surface area (Å²) in [7, 11) is -2.66. The van der Waals surface area contributed by atoms with Crippen molar-refractivity contribution in [2.24, 2.45) is 0 Å². The lowest BCUT2D eigenvalue weighted by Crippen LogP contribution is -2.74. The fourth-order valence-electron chi connectivity index (χ4n) is 11.0. The van der Waals surface area contributed by atoms with Gasteiger partial charge in [-0.2, -0.15) is 0 Å². The molecule has 0 aliphatic heterocycles. The normalized spacial score (nSPS) is 11.8. The third-order valence-corrected chi connectivity index (χ3v) is 18.9. The summed E-state index contributed by atoms with van der Waals surface area (Å²) < 4.78 is 4.83. The van der Waals surface area contributed by atoms with E-state index in [1.165, 1.54) is 75.5 Å². The summed E-state index contributed by atoms with van der Waals surface area (Å²) in [6.45, 7) is 0. The van der Waals surface area contributed by atoms with Crippen molar-refractivity contribution in [1.82, 2.24) is 14.1 Å². The van der Waals surface area contributed by atoms with Crippen LogP contribution in [0, 0.1) is 0 Å². The maximum Gasteiger partial charge on any atom is 0.179 e. The van der Waals surface area contributed by atoms with Crippen LogP contribution in [0.4, 0.5) is 0 Å². The zero-order chi connectivity index (χ0) is 45.7. The first-order valence-corrected chi connectivity index (χ1v) is 25.7. The molecule has 4 heteroatoms. The van der Waals surface area contributed by atoms with Crippen molar-refractivity contribution in [2.75, 3.05) is 0 Å². The van der Waals surface area contributed by atoms with Gasteiger partial charge in [-0.3, -0.25) is 0 Å². The Kier molecular flexibility index (Phi) is 9.85. The van der Waals surface area contributed by atoms with E-state index in [9.17, 15) is 0 Å². The van der Waals surface area contributed by atoms with E-state index >= 15 is 0 Å². The first-order chi connectivity index (χ1) is 34.2. The Morgan fingerprint density at radius 3 is 1.19 bits per heavy atom. The molecule has 3 heterocycles. The average Bonchev–Trinajstić information content (AvgIpc) is 3.95. The lowest BCUT2D eigenvalue weighted by Gasteiger charge is -2.34. The van der Waals surface area contributed by atoms with Gasteiger partial charge in [0.05, 0.1) is 33.5 Å². The van der Waals surface area contributed by atoms with Crippen molar-refractivity contribution in [3.05, 3.63) is 273 Å². The zero-order valence-electron chi connectivity index (χ0n) is 37.8. The Hall–Kier alpha value is -8.83. The van der Waals surface area contributed by atoms with Crippen LogP contribution in [0.5, 0.6) is 0 Å². The molecule has 0 N–H and O–H groups in total. The smallest absolute Gasteiger partial charge is 0.179 e. The summed E-state index contributed by atoms with van der Waals surface area (Å²) in [4.78, 5) is 5.10. The minimum atomic E-state index is -2.66. The second kappa shape index (κ2) is 16.8. The molecule has 0 aliphatic carbocycles. The second-order valence-electron chi connectivity index (χ2n) is 17.9. The van der Waals surface area contributed by atoms with Gasteiger partial charge in [-0.05, 0) is 105 Å². The molecule has 13 aromatic rings. The SMILES string of the molecule is c1ccc(-c2cccc(-c3cccc(-n4c5ccccc5c5cc(-c6ccc7c(c6)c6ccccc6n7-c6ccc([Si](c7ccccc7)(c7ccccc7)c7ccccc7)cc6)ccc54)c3)n2)cc1. The summed E-state index contributed by atoms with van der Waals surface area (Å²) in [5, 5.41) is 10.4. The highest BCUT2D eigenvalue weighted by atomic mass is 28.3. The van der Waals surface area contributed by atoms with Crippen molar-refractivity contribution in [3.63, 3.8) is 0 Å². The fraction of sp³-hybridized carbons (Fsp3) is 0. The van der Waals surface area contributed by atoms with Crippen molar-refractivity contribution >= 4 is 72.4 Å². The van der Waals surface area contributed by atoms with E-state index in [4.69, 9.17) is 4.98 Å². The first-order valence-electron chi connectivity index (χ1n) is 23.7. The van der Waals surface area contributed by atoms with Crippen LogP contribution in [-0.4, -0.2) is 22.2 Å². The van der Waals surface area contributed by atoms with Crippen molar-refractivity contribution in [1.29, 1.82) is 0 Å². The minimum Gasteiger partial charge on any atom is -0.309 e. The molecule has 0 fully saturated rings. The highest BCUT2D eigenvalue weighted by Gasteiger charge is 2.41. The third-order valence-electron chi connectivity index (χ3n) is 14.1. The molecule has 0 amide bonds. The molecule has 0 aliphatic rings. The molecule has 0 bridgehead atoms. The van der Waals surface area contributed by atoms with Crippen LogP contribution in [0.25, 0.3) is 88.6 Å². The summed E-state index contributed by atoms with van der Waals surface area (Å²) in [5.41, 5.74) is 13.5.